The van der Waals surface area contributed by atoms with E-state index in [9.17, 15) is 14.4 Å². The Bertz CT molecular complexity index is 407. The lowest BCUT2D eigenvalue weighted by Crippen LogP contribution is -2.39. The van der Waals surface area contributed by atoms with Crippen LogP contribution in [0.3, 0.4) is 0 Å². The van der Waals surface area contributed by atoms with Crippen molar-refractivity contribution in [3.8, 4) is 0 Å². The molecule has 23 heavy (non-hydrogen) atoms. The first kappa shape index (κ1) is 19.4. The number of piperidine rings is 2. The van der Waals surface area contributed by atoms with Crippen molar-refractivity contribution in [2.75, 3.05) is 26.2 Å². The van der Waals surface area contributed by atoms with Gasteiger partial charge in [0.1, 0.15) is 0 Å². The van der Waals surface area contributed by atoms with Gasteiger partial charge in [0.15, 0.2) is 0 Å². The number of hydrogen-bond acceptors (Lipinski definition) is 4. The van der Waals surface area contributed by atoms with Crippen molar-refractivity contribution < 1.29 is 24.6 Å². The summed E-state index contributed by atoms with van der Waals surface area (Å²) in [5.41, 5.74) is 0. The van der Waals surface area contributed by atoms with Crippen molar-refractivity contribution in [3.05, 3.63) is 0 Å². The van der Waals surface area contributed by atoms with Gasteiger partial charge in [0.05, 0.1) is 0 Å². The van der Waals surface area contributed by atoms with E-state index in [-0.39, 0.29) is 18.2 Å². The molecule has 1 amide bonds. The lowest BCUT2D eigenvalue weighted by molar-refractivity contribution is -0.140. The lowest BCUT2D eigenvalue weighted by Gasteiger charge is -2.31. The smallest absolute Gasteiger partial charge is 0.303 e. The Labute approximate surface area is 137 Å². The van der Waals surface area contributed by atoms with Gasteiger partial charge in [-0.15, -0.1) is 0 Å². The zero-order valence-corrected chi connectivity index (χ0v) is 13.8. The topological polar surface area (TPSA) is 107 Å². The Kier molecular flexibility index (Phi) is 8.61. The van der Waals surface area contributed by atoms with Gasteiger partial charge in [-0.1, -0.05) is 0 Å². The number of rotatable bonds is 4. The molecule has 0 aromatic heterocycles. The molecule has 0 saturated carbocycles. The predicted molar refractivity (Wildman–Crippen MR) is 85.1 cm³/mol. The highest BCUT2D eigenvalue weighted by Crippen LogP contribution is 2.19. The zero-order valence-electron chi connectivity index (χ0n) is 13.8. The molecule has 2 aliphatic heterocycles. The molecule has 0 aromatic carbocycles. The summed E-state index contributed by atoms with van der Waals surface area (Å²) in [4.78, 5) is 33.4. The standard InChI is InChI=1S/C9H15NO3.C7H13NO2/c1-7(11)10-4-2-3-8(6-10)5-9(12)13;9-7(10)4-6-2-1-3-8-5-6/h8H,2-6H2,1H3,(H,12,13);6,8H,1-5H2,(H,9,10). The van der Waals surface area contributed by atoms with Crippen molar-refractivity contribution >= 4 is 17.8 Å². The number of carbonyl (C=O) groups is 3. The van der Waals surface area contributed by atoms with Crippen molar-refractivity contribution in [3.63, 3.8) is 0 Å². The quantitative estimate of drug-likeness (QED) is 0.715. The van der Waals surface area contributed by atoms with Crippen molar-refractivity contribution in [2.45, 2.75) is 45.4 Å². The number of aliphatic carboxylic acids is 2. The van der Waals surface area contributed by atoms with Crippen LogP contribution in [0.5, 0.6) is 0 Å². The fourth-order valence-corrected chi connectivity index (χ4v) is 3.11. The molecule has 2 heterocycles. The summed E-state index contributed by atoms with van der Waals surface area (Å²) in [6.07, 6.45) is 4.56. The number of likely N-dealkylation sites (tertiary alicyclic amines) is 1. The molecule has 2 atom stereocenters. The molecule has 2 fully saturated rings. The second kappa shape index (κ2) is 10.2. The minimum Gasteiger partial charge on any atom is -0.481 e. The molecule has 0 aliphatic carbocycles. The van der Waals surface area contributed by atoms with E-state index >= 15 is 0 Å². The molecule has 2 saturated heterocycles. The van der Waals surface area contributed by atoms with Crippen LogP contribution in [0.1, 0.15) is 45.4 Å². The summed E-state index contributed by atoms with van der Waals surface area (Å²) in [6, 6.07) is 0. The Hall–Kier alpha value is -1.63. The molecule has 2 unspecified atom stereocenters. The minimum atomic E-state index is -0.768. The number of nitrogens with one attached hydrogen (secondary N) is 1. The van der Waals surface area contributed by atoms with E-state index in [1.807, 2.05) is 0 Å². The minimum absolute atomic E-state index is 0.0510. The van der Waals surface area contributed by atoms with Crippen molar-refractivity contribution in [1.82, 2.24) is 10.2 Å². The molecule has 7 nitrogen and oxygen atoms in total. The van der Waals surface area contributed by atoms with Crippen LogP contribution in [-0.2, 0) is 14.4 Å². The van der Waals surface area contributed by atoms with Gasteiger partial charge in [-0.25, -0.2) is 0 Å². The van der Waals surface area contributed by atoms with Gasteiger partial charge in [0.25, 0.3) is 0 Å². The van der Waals surface area contributed by atoms with Crippen molar-refractivity contribution in [1.29, 1.82) is 0 Å². The second-order valence-electron chi connectivity index (χ2n) is 6.38. The van der Waals surface area contributed by atoms with Crippen LogP contribution in [-0.4, -0.2) is 59.1 Å². The Morgan fingerprint density at radius 1 is 1.04 bits per heavy atom. The van der Waals surface area contributed by atoms with Crippen LogP contribution in [0.25, 0.3) is 0 Å². The number of carboxylic acids is 2. The van der Waals surface area contributed by atoms with E-state index in [1.165, 1.54) is 6.92 Å². The SMILES string of the molecule is CC(=O)N1CCCC(CC(=O)O)C1.O=C(O)CC1CCCNC1. The maximum absolute atomic E-state index is 11.0. The van der Waals surface area contributed by atoms with Crippen LogP contribution >= 0.6 is 0 Å². The third-order valence-corrected chi connectivity index (χ3v) is 4.29. The second-order valence-corrected chi connectivity index (χ2v) is 6.38. The van der Waals surface area contributed by atoms with Gasteiger partial charge >= 0.3 is 11.9 Å². The number of nitrogens with zero attached hydrogens (tertiary/aromatic N) is 1. The van der Waals surface area contributed by atoms with Crippen LogP contribution < -0.4 is 5.32 Å². The normalized spacial score (nSPS) is 24.3. The molecule has 0 bridgehead atoms. The maximum Gasteiger partial charge on any atom is 0.303 e. The first-order valence-corrected chi connectivity index (χ1v) is 8.28. The summed E-state index contributed by atoms with van der Waals surface area (Å²) in [5.74, 6) is -0.874. The molecular weight excluding hydrogens is 300 g/mol. The van der Waals surface area contributed by atoms with E-state index in [0.717, 1.165) is 45.3 Å². The van der Waals surface area contributed by atoms with E-state index < -0.39 is 11.9 Å². The van der Waals surface area contributed by atoms with E-state index in [2.05, 4.69) is 5.32 Å². The highest BCUT2D eigenvalue weighted by atomic mass is 16.4. The van der Waals surface area contributed by atoms with Crippen molar-refractivity contribution in [2.24, 2.45) is 11.8 Å². The number of carbonyl (C=O) groups excluding carboxylic acids is 1. The molecule has 3 N–H and O–H groups in total. The van der Waals surface area contributed by atoms with E-state index in [4.69, 9.17) is 10.2 Å². The molecule has 0 spiro atoms. The van der Waals surface area contributed by atoms with Crippen LogP contribution in [0.15, 0.2) is 0 Å². The maximum atomic E-state index is 11.0. The molecule has 2 rings (SSSR count). The number of carboxylic acid groups (broad SMARTS) is 2. The predicted octanol–water partition coefficient (Wildman–Crippen LogP) is 1.18. The van der Waals surface area contributed by atoms with E-state index in [0.29, 0.717) is 18.9 Å². The number of hydrogen-bond donors (Lipinski definition) is 3. The van der Waals surface area contributed by atoms with Gasteiger partial charge in [0, 0.05) is 32.9 Å². The highest BCUT2D eigenvalue weighted by molar-refractivity contribution is 5.73. The van der Waals surface area contributed by atoms with Gasteiger partial charge < -0.3 is 20.4 Å². The summed E-state index contributed by atoms with van der Waals surface area (Å²) in [7, 11) is 0. The van der Waals surface area contributed by atoms with Gasteiger partial charge in [0.2, 0.25) is 5.91 Å². The zero-order chi connectivity index (χ0) is 17.2. The molecule has 0 radical (unpaired) electrons. The average molecular weight is 328 g/mol. The summed E-state index contributed by atoms with van der Waals surface area (Å²) in [5, 5.41) is 20.2. The van der Waals surface area contributed by atoms with Gasteiger partial charge in [-0.3, -0.25) is 14.4 Å². The molecule has 132 valence electrons. The summed E-state index contributed by atoms with van der Waals surface area (Å²) >= 11 is 0. The number of amides is 1. The highest BCUT2D eigenvalue weighted by Gasteiger charge is 2.23. The Morgan fingerprint density at radius 3 is 2.17 bits per heavy atom. The lowest BCUT2D eigenvalue weighted by atomic mass is 9.95. The fourth-order valence-electron chi connectivity index (χ4n) is 3.11. The van der Waals surface area contributed by atoms with Crippen LogP contribution in [0.4, 0.5) is 0 Å². The molecule has 2 aliphatic rings. The van der Waals surface area contributed by atoms with Gasteiger partial charge in [-0.05, 0) is 50.6 Å². The van der Waals surface area contributed by atoms with Gasteiger partial charge in [-0.2, -0.15) is 0 Å². The largest absolute Gasteiger partial charge is 0.481 e. The Morgan fingerprint density at radius 2 is 1.65 bits per heavy atom. The van der Waals surface area contributed by atoms with Crippen LogP contribution in [0, 0.1) is 11.8 Å². The first-order valence-electron chi connectivity index (χ1n) is 8.28. The van der Waals surface area contributed by atoms with E-state index in [1.54, 1.807) is 4.90 Å². The average Bonchev–Trinajstić information content (AvgIpc) is 2.48. The monoisotopic (exact) mass is 328 g/mol. The Balaban J connectivity index is 0.000000238. The molecular formula is C16H28N2O5. The molecule has 0 aromatic rings. The molecule has 7 heteroatoms. The van der Waals surface area contributed by atoms with Crippen LogP contribution in [0.2, 0.25) is 0 Å². The summed E-state index contributed by atoms with van der Waals surface area (Å²) < 4.78 is 0. The summed E-state index contributed by atoms with van der Waals surface area (Å²) in [6.45, 7) is 4.86. The third-order valence-electron chi connectivity index (χ3n) is 4.29. The third kappa shape index (κ3) is 8.54. The first-order chi connectivity index (χ1) is 10.9. The fraction of sp³-hybridized carbons (Fsp3) is 0.812.